The topological polar surface area (TPSA) is 74.7 Å². The van der Waals surface area contributed by atoms with Crippen LogP contribution in [0.3, 0.4) is 0 Å². The molecule has 1 heterocycles. The Morgan fingerprint density at radius 1 is 1.43 bits per heavy atom. The van der Waals surface area contributed by atoms with Gasteiger partial charge in [-0.25, -0.2) is 13.2 Å². The van der Waals surface area contributed by atoms with Gasteiger partial charge >= 0.3 is 5.97 Å². The minimum absolute atomic E-state index is 0.0214. The normalized spacial score (nSPS) is 20.1. The summed E-state index contributed by atoms with van der Waals surface area (Å²) in [5.41, 5.74) is -0.0450. The maximum absolute atomic E-state index is 12.8. The molecule has 21 heavy (non-hydrogen) atoms. The third-order valence-corrected chi connectivity index (χ3v) is 6.40. The van der Waals surface area contributed by atoms with Crippen LogP contribution in [0.4, 0.5) is 0 Å². The van der Waals surface area contributed by atoms with Gasteiger partial charge in [0.2, 0.25) is 10.0 Å². The zero-order chi connectivity index (χ0) is 15.8. The van der Waals surface area contributed by atoms with Crippen molar-refractivity contribution >= 4 is 31.9 Å². The van der Waals surface area contributed by atoms with E-state index < -0.39 is 16.0 Å². The summed E-state index contributed by atoms with van der Waals surface area (Å²) in [7, 11) is -3.66. The molecule has 1 N–H and O–H groups in total. The standard InChI is InChI=1S/C14H18BrNO4S/c1-9(2)13-4-3-7-16(13)21(19,20)10-5-6-12(15)11(8-10)14(17)18/h5-6,8-9,13H,3-4,7H2,1-2H3,(H,17,18). The van der Waals surface area contributed by atoms with E-state index in [1.807, 2.05) is 13.8 Å². The highest BCUT2D eigenvalue weighted by Gasteiger charge is 2.37. The summed E-state index contributed by atoms with van der Waals surface area (Å²) < 4.78 is 27.4. The first-order valence-electron chi connectivity index (χ1n) is 6.80. The van der Waals surface area contributed by atoms with E-state index in [0.29, 0.717) is 11.0 Å². The van der Waals surface area contributed by atoms with Crippen LogP contribution in [0.15, 0.2) is 27.6 Å². The van der Waals surface area contributed by atoms with Crippen molar-refractivity contribution in [1.82, 2.24) is 4.31 Å². The average Bonchev–Trinajstić information content (AvgIpc) is 2.88. The lowest BCUT2D eigenvalue weighted by atomic mass is 10.0. The van der Waals surface area contributed by atoms with Gasteiger partial charge in [0.1, 0.15) is 0 Å². The molecular weight excluding hydrogens is 358 g/mol. The smallest absolute Gasteiger partial charge is 0.336 e. The molecule has 1 aromatic carbocycles. The summed E-state index contributed by atoms with van der Waals surface area (Å²) in [6.07, 6.45) is 1.68. The fourth-order valence-electron chi connectivity index (χ4n) is 2.69. The molecule has 5 nitrogen and oxygen atoms in total. The van der Waals surface area contributed by atoms with E-state index in [0.717, 1.165) is 12.8 Å². The first-order chi connectivity index (χ1) is 9.75. The first kappa shape index (κ1) is 16.5. The molecule has 1 fully saturated rings. The van der Waals surface area contributed by atoms with Gasteiger partial charge in [-0.05, 0) is 52.9 Å². The van der Waals surface area contributed by atoms with Crippen molar-refractivity contribution in [2.75, 3.05) is 6.54 Å². The maximum Gasteiger partial charge on any atom is 0.336 e. The van der Waals surface area contributed by atoms with Crippen molar-refractivity contribution in [3.63, 3.8) is 0 Å². The fourth-order valence-corrected chi connectivity index (χ4v) is 4.96. The second-order valence-corrected chi connectivity index (χ2v) is 8.26. The first-order valence-corrected chi connectivity index (χ1v) is 9.03. The number of carboxylic acids is 1. The number of nitrogens with zero attached hydrogens (tertiary/aromatic N) is 1. The van der Waals surface area contributed by atoms with Gasteiger partial charge in [0.15, 0.2) is 0 Å². The van der Waals surface area contributed by atoms with Gasteiger partial charge in [0.05, 0.1) is 10.5 Å². The Hall–Kier alpha value is -0.920. The van der Waals surface area contributed by atoms with E-state index in [-0.39, 0.29) is 22.4 Å². The van der Waals surface area contributed by atoms with Gasteiger partial charge < -0.3 is 5.11 Å². The largest absolute Gasteiger partial charge is 0.478 e. The van der Waals surface area contributed by atoms with Crippen LogP contribution in [0.2, 0.25) is 0 Å². The zero-order valence-electron chi connectivity index (χ0n) is 11.9. The molecule has 0 aliphatic carbocycles. The molecule has 0 bridgehead atoms. The molecule has 0 spiro atoms. The molecule has 1 aliphatic rings. The number of hydrogen-bond donors (Lipinski definition) is 1. The van der Waals surface area contributed by atoms with Crippen molar-refractivity contribution < 1.29 is 18.3 Å². The van der Waals surface area contributed by atoms with E-state index in [4.69, 9.17) is 5.11 Å². The summed E-state index contributed by atoms with van der Waals surface area (Å²) in [4.78, 5) is 11.2. The number of rotatable bonds is 4. The number of aromatic carboxylic acids is 1. The zero-order valence-corrected chi connectivity index (χ0v) is 14.3. The van der Waals surface area contributed by atoms with Crippen LogP contribution in [0.25, 0.3) is 0 Å². The molecule has 116 valence electrons. The molecule has 1 aromatic rings. The van der Waals surface area contributed by atoms with E-state index in [1.54, 1.807) is 0 Å². The Balaban J connectivity index is 2.45. The molecule has 1 atom stereocenters. The van der Waals surface area contributed by atoms with Crippen molar-refractivity contribution in [2.45, 2.75) is 37.6 Å². The highest BCUT2D eigenvalue weighted by molar-refractivity contribution is 9.10. The molecule has 0 aromatic heterocycles. The summed E-state index contributed by atoms with van der Waals surface area (Å²) >= 11 is 3.13. The van der Waals surface area contributed by atoms with Gasteiger partial charge in [-0.1, -0.05) is 13.8 Å². The molecule has 1 aliphatic heterocycles. The van der Waals surface area contributed by atoms with Crippen molar-refractivity contribution in [2.24, 2.45) is 5.92 Å². The van der Waals surface area contributed by atoms with Crippen LogP contribution >= 0.6 is 15.9 Å². The van der Waals surface area contributed by atoms with Crippen LogP contribution in [-0.2, 0) is 10.0 Å². The van der Waals surface area contributed by atoms with Gasteiger partial charge in [-0.2, -0.15) is 4.31 Å². The number of halogens is 1. The molecule has 1 unspecified atom stereocenters. The minimum Gasteiger partial charge on any atom is -0.478 e. The summed E-state index contributed by atoms with van der Waals surface area (Å²) in [5, 5.41) is 9.12. The van der Waals surface area contributed by atoms with Crippen molar-refractivity contribution in [3.8, 4) is 0 Å². The lowest BCUT2D eigenvalue weighted by Crippen LogP contribution is -2.38. The van der Waals surface area contributed by atoms with Gasteiger partial charge in [-0.15, -0.1) is 0 Å². The Labute approximate surface area is 133 Å². The molecule has 0 amide bonds. The number of sulfonamides is 1. The lowest BCUT2D eigenvalue weighted by Gasteiger charge is -2.27. The summed E-state index contributed by atoms with van der Waals surface area (Å²) in [5.74, 6) is -0.919. The van der Waals surface area contributed by atoms with E-state index in [9.17, 15) is 13.2 Å². The van der Waals surface area contributed by atoms with Crippen LogP contribution in [0, 0.1) is 5.92 Å². The maximum atomic E-state index is 12.8. The minimum atomic E-state index is -3.66. The highest BCUT2D eigenvalue weighted by Crippen LogP contribution is 2.31. The van der Waals surface area contributed by atoms with Crippen LogP contribution in [-0.4, -0.2) is 36.4 Å². The average molecular weight is 376 g/mol. The number of carboxylic acid groups (broad SMARTS) is 1. The van der Waals surface area contributed by atoms with Crippen LogP contribution < -0.4 is 0 Å². The van der Waals surface area contributed by atoms with Gasteiger partial charge in [0, 0.05) is 17.1 Å². The quantitative estimate of drug-likeness (QED) is 0.877. The Kier molecular flexibility index (Phi) is 4.75. The number of benzene rings is 1. The summed E-state index contributed by atoms with van der Waals surface area (Å²) in [6, 6.07) is 4.11. The van der Waals surface area contributed by atoms with E-state index in [2.05, 4.69) is 15.9 Å². The lowest BCUT2D eigenvalue weighted by molar-refractivity contribution is 0.0695. The predicted octanol–water partition coefficient (Wildman–Crippen LogP) is 2.96. The molecular formula is C14H18BrNO4S. The van der Waals surface area contributed by atoms with Gasteiger partial charge in [-0.3, -0.25) is 0 Å². The Morgan fingerprint density at radius 3 is 2.67 bits per heavy atom. The third-order valence-electron chi connectivity index (χ3n) is 3.79. The second-order valence-electron chi connectivity index (χ2n) is 5.52. The number of hydrogen-bond acceptors (Lipinski definition) is 3. The molecule has 2 rings (SSSR count). The van der Waals surface area contributed by atoms with Crippen molar-refractivity contribution in [3.05, 3.63) is 28.2 Å². The Morgan fingerprint density at radius 2 is 2.10 bits per heavy atom. The molecule has 7 heteroatoms. The second kappa shape index (κ2) is 6.06. The highest BCUT2D eigenvalue weighted by atomic mass is 79.9. The molecule has 0 saturated carbocycles. The molecule has 0 radical (unpaired) electrons. The Bertz CT molecular complexity index is 657. The molecule has 1 saturated heterocycles. The monoisotopic (exact) mass is 375 g/mol. The SMILES string of the molecule is CC(C)C1CCCN1S(=O)(=O)c1ccc(Br)c(C(=O)O)c1. The van der Waals surface area contributed by atoms with Gasteiger partial charge in [0.25, 0.3) is 0 Å². The van der Waals surface area contributed by atoms with E-state index in [1.165, 1.54) is 22.5 Å². The third kappa shape index (κ3) is 3.14. The van der Waals surface area contributed by atoms with Crippen LogP contribution in [0.5, 0.6) is 0 Å². The number of carbonyl (C=O) groups is 1. The van der Waals surface area contributed by atoms with Crippen LogP contribution in [0.1, 0.15) is 37.0 Å². The predicted molar refractivity (Wildman–Crippen MR) is 82.9 cm³/mol. The summed E-state index contributed by atoms with van der Waals surface area (Å²) in [6.45, 7) is 4.50. The van der Waals surface area contributed by atoms with E-state index >= 15 is 0 Å². The van der Waals surface area contributed by atoms with Crippen molar-refractivity contribution in [1.29, 1.82) is 0 Å². The fraction of sp³-hybridized carbons (Fsp3) is 0.500.